The molecule has 2 aromatic rings. The summed E-state index contributed by atoms with van der Waals surface area (Å²) in [5, 5.41) is 2.96. The van der Waals surface area contributed by atoms with E-state index >= 15 is 0 Å². The molecule has 1 atom stereocenters. The van der Waals surface area contributed by atoms with Crippen LogP contribution in [0.15, 0.2) is 48.5 Å². The molecule has 0 spiro atoms. The summed E-state index contributed by atoms with van der Waals surface area (Å²) in [4.78, 5) is 27.7. The third kappa shape index (κ3) is 7.21. The Morgan fingerprint density at radius 2 is 1.73 bits per heavy atom. The van der Waals surface area contributed by atoms with Gasteiger partial charge >= 0.3 is 0 Å². The third-order valence-corrected chi connectivity index (χ3v) is 6.12. The normalized spacial score (nSPS) is 11.7. The Balaban J connectivity index is 2.11. The number of carbonyl (C=O) groups excluding carboxylic acids is 2. The minimum absolute atomic E-state index is 0.00709. The van der Waals surface area contributed by atoms with Crippen LogP contribution in [0.3, 0.4) is 0 Å². The minimum atomic E-state index is -0.454. The van der Waals surface area contributed by atoms with E-state index in [2.05, 4.69) is 24.4 Å². The molecule has 0 radical (unpaired) electrons. The topological polar surface area (TPSA) is 49.4 Å². The van der Waals surface area contributed by atoms with E-state index in [0.29, 0.717) is 25.3 Å². The van der Waals surface area contributed by atoms with Crippen LogP contribution >= 0.6 is 11.8 Å². The van der Waals surface area contributed by atoms with Gasteiger partial charge in [0.2, 0.25) is 11.8 Å². The zero-order chi connectivity index (χ0) is 21.9. The van der Waals surface area contributed by atoms with Crippen LogP contribution in [0.4, 0.5) is 0 Å². The molecule has 5 heteroatoms. The number of benzene rings is 2. The van der Waals surface area contributed by atoms with Gasteiger partial charge in [-0.1, -0.05) is 67.9 Å². The van der Waals surface area contributed by atoms with Gasteiger partial charge in [0.05, 0.1) is 5.75 Å². The maximum Gasteiger partial charge on any atom is 0.242 e. The van der Waals surface area contributed by atoms with E-state index in [-0.39, 0.29) is 11.8 Å². The zero-order valence-corrected chi connectivity index (χ0v) is 19.4. The number of rotatable bonds is 11. The molecule has 2 amide bonds. The summed E-state index contributed by atoms with van der Waals surface area (Å²) in [5.74, 6) is 1.09. The maximum absolute atomic E-state index is 13.2. The summed E-state index contributed by atoms with van der Waals surface area (Å²) in [6, 6.07) is 15.9. The Hall–Kier alpha value is -2.27. The van der Waals surface area contributed by atoms with Crippen LogP contribution in [-0.4, -0.2) is 35.1 Å². The van der Waals surface area contributed by atoms with Crippen LogP contribution in [0.1, 0.15) is 48.9 Å². The summed E-state index contributed by atoms with van der Waals surface area (Å²) in [5.41, 5.74) is 4.70. The number of nitrogens with one attached hydrogen (secondary N) is 1. The van der Waals surface area contributed by atoms with Crippen molar-refractivity contribution in [3.63, 3.8) is 0 Å². The molecule has 1 N–H and O–H groups in total. The van der Waals surface area contributed by atoms with E-state index in [1.54, 1.807) is 16.7 Å². The van der Waals surface area contributed by atoms with Crippen molar-refractivity contribution >= 4 is 23.6 Å². The van der Waals surface area contributed by atoms with Crippen molar-refractivity contribution in [2.24, 2.45) is 0 Å². The molecule has 30 heavy (non-hydrogen) atoms. The average molecular weight is 427 g/mol. The number of nitrogens with zero attached hydrogens (tertiary/aromatic N) is 1. The standard InChI is InChI=1S/C25H34N2O2S/c1-5-15-26-25(29)23(6-2)27(16-21-13-11-19(3)12-14-21)24(28)18-30-17-22-10-8-7-9-20(22)4/h7-14,23H,5-6,15-18H2,1-4H3,(H,26,29). The first-order chi connectivity index (χ1) is 14.5. The summed E-state index contributed by atoms with van der Waals surface area (Å²) in [7, 11) is 0. The number of thioether (sulfide) groups is 1. The van der Waals surface area contributed by atoms with Gasteiger partial charge in [0.1, 0.15) is 6.04 Å². The van der Waals surface area contributed by atoms with Crippen LogP contribution in [0.25, 0.3) is 0 Å². The van der Waals surface area contributed by atoms with E-state index in [4.69, 9.17) is 0 Å². The van der Waals surface area contributed by atoms with Gasteiger partial charge in [-0.3, -0.25) is 9.59 Å². The molecule has 0 heterocycles. The first-order valence-electron chi connectivity index (χ1n) is 10.7. The van der Waals surface area contributed by atoms with Crippen LogP contribution < -0.4 is 5.32 Å². The van der Waals surface area contributed by atoms with Crippen molar-refractivity contribution in [1.82, 2.24) is 10.2 Å². The Morgan fingerprint density at radius 1 is 1.03 bits per heavy atom. The van der Waals surface area contributed by atoms with E-state index in [1.807, 2.05) is 57.2 Å². The van der Waals surface area contributed by atoms with Crippen molar-refractivity contribution in [2.75, 3.05) is 12.3 Å². The Bertz CT molecular complexity index is 820. The van der Waals surface area contributed by atoms with Crippen LogP contribution in [0.2, 0.25) is 0 Å². The van der Waals surface area contributed by atoms with Gasteiger partial charge < -0.3 is 10.2 Å². The van der Waals surface area contributed by atoms with Crippen molar-refractivity contribution in [3.05, 3.63) is 70.8 Å². The van der Waals surface area contributed by atoms with Gasteiger partial charge in [0.15, 0.2) is 0 Å². The minimum Gasteiger partial charge on any atom is -0.354 e. The molecule has 0 aliphatic carbocycles. The second-order valence-corrected chi connectivity index (χ2v) is 8.63. The fraction of sp³-hybridized carbons (Fsp3) is 0.440. The number of hydrogen-bond donors (Lipinski definition) is 1. The second-order valence-electron chi connectivity index (χ2n) is 7.64. The van der Waals surface area contributed by atoms with Gasteiger partial charge in [0, 0.05) is 18.8 Å². The highest BCUT2D eigenvalue weighted by molar-refractivity contribution is 7.99. The van der Waals surface area contributed by atoms with Gasteiger partial charge in [-0.25, -0.2) is 0 Å². The fourth-order valence-electron chi connectivity index (χ4n) is 3.28. The summed E-state index contributed by atoms with van der Waals surface area (Å²) >= 11 is 1.60. The lowest BCUT2D eigenvalue weighted by molar-refractivity contribution is -0.139. The van der Waals surface area contributed by atoms with E-state index in [0.717, 1.165) is 17.7 Å². The lowest BCUT2D eigenvalue weighted by Crippen LogP contribution is -2.49. The Labute approximate surface area is 185 Å². The first kappa shape index (κ1) is 24.0. The highest BCUT2D eigenvalue weighted by atomic mass is 32.2. The van der Waals surface area contributed by atoms with E-state index in [1.165, 1.54) is 16.7 Å². The van der Waals surface area contributed by atoms with Crippen LogP contribution in [0, 0.1) is 13.8 Å². The van der Waals surface area contributed by atoms with Crippen molar-refractivity contribution in [1.29, 1.82) is 0 Å². The van der Waals surface area contributed by atoms with E-state index < -0.39 is 6.04 Å². The molecule has 0 aromatic heterocycles. The summed E-state index contributed by atoms with van der Waals surface area (Å²) in [6.07, 6.45) is 1.47. The number of carbonyl (C=O) groups is 2. The molecule has 0 saturated heterocycles. The Morgan fingerprint density at radius 3 is 2.37 bits per heavy atom. The van der Waals surface area contributed by atoms with Gasteiger partial charge in [0.25, 0.3) is 0 Å². The van der Waals surface area contributed by atoms with Crippen molar-refractivity contribution in [3.8, 4) is 0 Å². The number of amides is 2. The highest BCUT2D eigenvalue weighted by Crippen LogP contribution is 2.19. The predicted molar refractivity (Wildman–Crippen MR) is 126 cm³/mol. The second kappa shape index (κ2) is 12.4. The van der Waals surface area contributed by atoms with Gasteiger partial charge in [-0.15, -0.1) is 11.8 Å². The predicted octanol–water partition coefficient (Wildman–Crippen LogP) is 4.87. The molecular weight excluding hydrogens is 392 g/mol. The fourth-order valence-corrected chi connectivity index (χ4v) is 4.27. The lowest BCUT2D eigenvalue weighted by Gasteiger charge is -2.30. The Kier molecular flexibility index (Phi) is 9.95. The summed E-state index contributed by atoms with van der Waals surface area (Å²) in [6.45, 7) is 9.20. The van der Waals surface area contributed by atoms with Crippen LogP contribution in [-0.2, 0) is 21.9 Å². The molecule has 2 aromatic carbocycles. The number of hydrogen-bond acceptors (Lipinski definition) is 3. The largest absolute Gasteiger partial charge is 0.354 e. The average Bonchev–Trinajstić information content (AvgIpc) is 2.74. The van der Waals surface area contributed by atoms with Crippen molar-refractivity contribution in [2.45, 2.75) is 58.9 Å². The highest BCUT2D eigenvalue weighted by Gasteiger charge is 2.28. The quantitative estimate of drug-likeness (QED) is 0.558. The summed E-state index contributed by atoms with van der Waals surface area (Å²) < 4.78 is 0. The maximum atomic E-state index is 13.2. The zero-order valence-electron chi connectivity index (χ0n) is 18.6. The van der Waals surface area contributed by atoms with Gasteiger partial charge in [-0.2, -0.15) is 0 Å². The van der Waals surface area contributed by atoms with Crippen molar-refractivity contribution < 1.29 is 9.59 Å². The molecule has 0 aliphatic heterocycles. The first-order valence-corrected chi connectivity index (χ1v) is 11.9. The van der Waals surface area contributed by atoms with Crippen LogP contribution in [0.5, 0.6) is 0 Å². The molecule has 4 nitrogen and oxygen atoms in total. The molecular formula is C25H34N2O2S. The molecule has 0 bridgehead atoms. The lowest BCUT2D eigenvalue weighted by atomic mass is 10.1. The smallest absolute Gasteiger partial charge is 0.242 e. The molecule has 0 fully saturated rings. The SMILES string of the molecule is CCCNC(=O)C(CC)N(Cc1ccc(C)cc1)C(=O)CSCc1ccccc1C. The number of aryl methyl sites for hydroxylation is 2. The molecule has 0 saturated carbocycles. The molecule has 0 aliphatic rings. The monoisotopic (exact) mass is 426 g/mol. The van der Waals surface area contributed by atoms with E-state index in [9.17, 15) is 9.59 Å². The molecule has 1 unspecified atom stereocenters. The van der Waals surface area contributed by atoms with Gasteiger partial charge in [-0.05, 0) is 43.4 Å². The third-order valence-electron chi connectivity index (χ3n) is 5.15. The molecule has 2 rings (SSSR count). The molecule has 162 valence electrons.